The van der Waals surface area contributed by atoms with Gasteiger partial charge in [0, 0.05) is 6.07 Å². The predicted octanol–water partition coefficient (Wildman–Crippen LogP) is 4.10. The molecular formula is C14H15ClN2O3. The van der Waals surface area contributed by atoms with Crippen LogP contribution in [-0.2, 0) is 5.41 Å². The highest BCUT2D eigenvalue weighted by atomic mass is 35.5. The maximum absolute atomic E-state index is 11.2. The van der Waals surface area contributed by atoms with E-state index in [0.29, 0.717) is 21.8 Å². The van der Waals surface area contributed by atoms with Gasteiger partial charge < -0.3 is 4.74 Å². The Bertz CT molecular complexity index is 693. The summed E-state index contributed by atoms with van der Waals surface area (Å²) < 4.78 is 5.20. The Morgan fingerprint density at radius 1 is 1.35 bits per heavy atom. The minimum atomic E-state index is -0.427. The second-order valence-corrected chi connectivity index (χ2v) is 5.87. The number of pyridine rings is 1. The van der Waals surface area contributed by atoms with Gasteiger partial charge in [-0.3, -0.25) is 10.1 Å². The van der Waals surface area contributed by atoms with Gasteiger partial charge in [0.2, 0.25) is 0 Å². The molecule has 0 atom stereocenters. The Kier molecular flexibility index (Phi) is 3.56. The Morgan fingerprint density at radius 3 is 2.50 bits per heavy atom. The first-order valence-electron chi connectivity index (χ1n) is 6.08. The second kappa shape index (κ2) is 4.90. The van der Waals surface area contributed by atoms with Crippen LogP contribution in [0.4, 0.5) is 5.69 Å². The number of fused-ring (bicyclic) bond motifs is 1. The summed E-state index contributed by atoms with van der Waals surface area (Å²) in [5.41, 5.74) is 0.910. The molecule has 0 saturated carbocycles. The molecule has 1 aromatic heterocycles. The lowest BCUT2D eigenvalue weighted by Crippen LogP contribution is -2.13. The number of methoxy groups -OCH3 is 1. The molecule has 0 N–H and O–H groups in total. The Balaban J connectivity index is 2.90. The lowest BCUT2D eigenvalue weighted by Gasteiger charge is -2.20. The molecule has 0 bridgehead atoms. The third kappa shape index (κ3) is 2.41. The smallest absolute Gasteiger partial charge is 0.279 e. The summed E-state index contributed by atoms with van der Waals surface area (Å²) >= 11 is 6.21. The van der Waals surface area contributed by atoms with Crippen LogP contribution in [0.3, 0.4) is 0 Å². The quantitative estimate of drug-likeness (QED) is 0.475. The van der Waals surface area contributed by atoms with Gasteiger partial charge in [0.1, 0.15) is 16.4 Å². The van der Waals surface area contributed by atoms with E-state index in [0.717, 1.165) is 5.56 Å². The van der Waals surface area contributed by atoms with E-state index in [4.69, 9.17) is 16.3 Å². The standard InChI is InChI=1S/C14H15ClN2O3/c1-14(2,3)9-7-8-10(17(18)19)5-6-11(20-4)12(8)16-13(9)15/h5-7H,1-4H3. The number of non-ortho nitro benzene ring substituents is 1. The fraction of sp³-hybridized carbons (Fsp3) is 0.357. The molecule has 0 radical (unpaired) electrons. The third-order valence-corrected chi connectivity index (χ3v) is 3.39. The molecule has 2 rings (SSSR count). The molecular weight excluding hydrogens is 280 g/mol. The van der Waals surface area contributed by atoms with E-state index in [1.54, 1.807) is 6.07 Å². The van der Waals surface area contributed by atoms with E-state index in [2.05, 4.69) is 4.98 Å². The van der Waals surface area contributed by atoms with Crippen molar-refractivity contribution in [2.75, 3.05) is 7.11 Å². The second-order valence-electron chi connectivity index (χ2n) is 5.52. The largest absolute Gasteiger partial charge is 0.494 e. The number of hydrogen-bond donors (Lipinski definition) is 0. The van der Waals surface area contributed by atoms with Crippen LogP contribution in [0, 0.1) is 10.1 Å². The minimum Gasteiger partial charge on any atom is -0.494 e. The maximum Gasteiger partial charge on any atom is 0.279 e. The topological polar surface area (TPSA) is 65.3 Å². The van der Waals surface area contributed by atoms with Gasteiger partial charge in [-0.2, -0.15) is 0 Å². The number of halogens is 1. The van der Waals surface area contributed by atoms with Crippen LogP contribution in [0.1, 0.15) is 26.3 Å². The van der Waals surface area contributed by atoms with Crippen molar-refractivity contribution in [1.29, 1.82) is 0 Å². The van der Waals surface area contributed by atoms with E-state index < -0.39 is 4.92 Å². The molecule has 1 aromatic carbocycles. The Labute approximate surface area is 121 Å². The molecule has 0 unspecified atom stereocenters. The first-order valence-corrected chi connectivity index (χ1v) is 6.45. The van der Waals surface area contributed by atoms with Crippen molar-refractivity contribution in [3.05, 3.63) is 39.0 Å². The van der Waals surface area contributed by atoms with Gasteiger partial charge in [0.25, 0.3) is 5.69 Å². The van der Waals surface area contributed by atoms with Crippen molar-refractivity contribution in [1.82, 2.24) is 4.98 Å². The molecule has 0 aliphatic carbocycles. The number of aromatic nitrogens is 1. The van der Waals surface area contributed by atoms with Crippen LogP contribution in [0.25, 0.3) is 10.9 Å². The SMILES string of the molecule is COc1ccc([N+](=O)[O-])c2cc(C(C)(C)C)c(Cl)nc12. The van der Waals surface area contributed by atoms with Gasteiger partial charge in [0.05, 0.1) is 17.4 Å². The van der Waals surface area contributed by atoms with Crippen molar-refractivity contribution < 1.29 is 9.66 Å². The van der Waals surface area contributed by atoms with Gasteiger partial charge in [0.15, 0.2) is 0 Å². The number of hydrogen-bond acceptors (Lipinski definition) is 4. The maximum atomic E-state index is 11.2. The van der Waals surface area contributed by atoms with E-state index in [1.165, 1.54) is 19.2 Å². The number of benzene rings is 1. The Morgan fingerprint density at radius 2 is 2.00 bits per heavy atom. The highest BCUT2D eigenvalue weighted by Gasteiger charge is 2.23. The van der Waals surface area contributed by atoms with Gasteiger partial charge in [-0.15, -0.1) is 0 Å². The third-order valence-electron chi connectivity index (χ3n) is 3.10. The van der Waals surface area contributed by atoms with Crippen LogP contribution in [0.15, 0.2) is 18.2 Å². The van der Waals surface area contributed by atoms with Crippen molar-refractivity contribution in [3.8, 4) is 5.75 Å². The number of nitro groups is 1. The predicted molar refractivity (Wildman–Crippen MR) is 78.7 cm³/mol. The highest BCUT2D eigenvalue weighted by molar-refractivity contribution is 6.30. The average molecular weight is 295 g/mol. The van der Waals surface area contributed by atoms with Crippen LogP contribution >= 0.6 is 11.6 Å². The molecule has 0 saturated heterocycles. The van der Waals surface area contributed by atoms with Crippen LogP contribution in [0.5, 0.6) is 5.75 Å². The number of nitro benzene ring substituents is 1. The summed E-state index contributed by atoms with van der Waals surface area (Å²) in [7, 11) is 1.49. The number of nitrogens with zero attached hydrogens (tertiary/aromatic N) is 2. The van der Waals surface area contributed by atoms with Crippen molar-refractivity contribution in [3.63, 3.8) is 0 Å². The van der Waals surface area contributed by atoms with Gasteiger partial charge in [-0.25, -0.2) is 4.98 Å². The molecule has 0 spiro atoms. The Hall–Kier alpha value is -1.88. The van der Waals surface area contributed by atoms with E-state index in [1.807, 2.05) is 20.8 Å². The van der Waals surface area contributed by atoms with Crippen LogP contribution in [-0.4, -0.2) is 17.0 Å². The zero-order valence-electron chi connectivity index (χ0n) is 11.7. The van der Waals surface area contributed by atoms with Gasteiger partial charge in [-0.1, -0.05) is 32.4 Å². The van der Waals surface area contributed by atoms with Crippen molar-refractivity contribution in [2.24, 2.45) is 0 Å². The molecule has 0 aliphatic heterocycles. The fourth-order valence-corrected chi connectivity index (χ4v) is 2.47. The molecule has 2 aromatic rings. The number of rotatable bonds is 2. The zero-order valence-corrected chi connectivity index (χ0v) is 12.5. The van der Waals surface area contributed by atoms with Crippen molar-refractivity contribution in [2.45, 2.75) is 26.2 Å². The normalized spacial score (nSPS) is 11.7. The minimum absolute atomic E-state index is 0.00420. The molecule has 6 heteroatoms. The first-order chi connectivity index (χ1) is 9.25. The van der Waals surface area contributed by atoms with Crippen molar-refractivity contribution >= 4 is 28.2 Å². The molecule has 0 amide bonds. The molecule has 5 nitrogen and oxygen atoms in total. The fourth-order valence-electron chi connectivity index (χ4n) is 2.05. The van der Waals surface area contributed by atoms with Gasteiger partial charge in [-0.05, 0) is 23.1 Å². The molecule has 0 fully saturated rings. The molecule has 0 aliphatic rings. The van der Waals surface area contributed by atoms with E-state index in [-0.39, 0.29) is 11.1 Å². The molecule has 20 heavy (non-hydrogen) atoms. The zero-order chi connectivity index (χ0) is 15.1. The summed E-state index contributed by atoms with van der Waals surface area (Å²) in [5.74, 6) is 0.466. The van der Waals surface area contributed by atoms with Gasteiger partial charge >= 0.3 is 0 Å². The summed E-state index contributed by atoms with van der Waals surface area (Å²) in [6, 6.07) is 4.68. The summed E-state index contributed by atoms with van der Waals surface area (Å²) in [5, 5.41) is 11.9. The van der Waals surface area contributed by atoms with E-state index >= 15 is 0 Å². The summed E-state index contributed by atoms with van der Waals surface area (Å²) in [6.45, 7) is 5.94. The lowest BCUT2D eigenvalue weighted by atomic mass is 9.87. The van der Waals surface area contributed by atoms with E-state index in [9.17, 15) is 10.1 Å². The summed E-state index contributed by atoms with van der Waals surface area (Å²) in [4.78, 5) is 15.0. The monoisotopic (exact) mass is 294 g/mol. The van der Waals surface area contributed by atoms with Crippen LogP contribution in [0.2, 0.25) is 5.15 Å². The lowest BCUT2D eigenvalue weighted by molar-refractivity contribution is -0.383. The first kappa shape index (κ1) is 14.5. The highest BCUT2D eigenvalue weighted by Crippen LogP contribution is 2.37. The average Bonchev–Trinajstić information content (AvgIpc) is 2.35. The number of ether oxygens (including phenoxy) is 1. The molecule has 1 heterocycles. The molecule has 106 valence electrons. The van der Waals surface area contributed by atoms with Crippen LogP contribution < -0.4 is 4.74 Å². The summed E-state index contributed by atoms with van der Waals surface area (Å²) in [6.07, 6.45) is 0.